The van der Waals surface area contributed by atoms with Crippen LogP contribution in [0.2, 0.25) is 0 Å². The average Bonchev–Trinajstić information content (AvgIpc) is 3.24. The van der Waals surface area contributed by atoms with Crippen LogP contribution in [-0.2, 0) is 13.6 Å². The Morgan fingerprint density at radius 1 is 1.23 bits per heavy atom. The van der Waals surface area contributed by atoms with E-state index in [4.69, 9.17) is 0 Å². The lowest BCUT2D eigenvalue weighted by molar-refractivity contribution is 0.767. The lowest BCUT2D eigenvalue weighted by Crippen LogP contribution is -2.04. The van der Waals surface area contributed by atoms with E-state index in [1.54, 1.807) is 20.5 Å². The van der Waals surface area contributed by atoms with E-state index in [9.17, 15) is 0 Å². The minimum Gasteiger partial charge on any atom is -0.364 e. The third kappa shape index (κ3) is 2.33. The van der Waals surface area contributed by atoms with Crippen molar-refractivity contribution in [3.05, 3.63) is 46.9 Å². The molecule has 4 rings (SSSR count). The molecular weight excluding hydrogens is 298 g/mol. The van der Waals surface area contributed by atoms with Crippen molar-refractivity contribution in [2.24, 2.45) is 7.05 Å². The van der Waals surface area contributed by atoms with Crippen molar-refractivity contribution in [2.45, 2.75) is 6.54 Å². The maximum atomic E-state index is 4.57. The standard InChI is InChI=1S/C14H13N7S/c1-20-8-10(7-16-20)6-15-12-2-3-13-17-18-14(21(13)19-12)11-4-5-22-9-11/h2-5,7-9H,6H2,1H3,(H,15,19). The summed E-state index contributed by atoms with van der Waals surface area (Å²) in [4.78, 5) is 0. The van der Waals surface area contributed by atoms with Crippen LogP contribution >= 0.6 is 11.3 Å². The molecule has 4 heterocycles. The average molecular weight is 311 g/mol. The number of hydrogen-bond acceptors (Lipinski definition) is 6. The van der Waals surface area contributed by atoms with Crippen LogP contribution in [0.3, 0.4) is 0 Å². The summed E-state index contributed by atoms with van der Waals surface area (Å²) in [5, 5.41) is 24.4. The number of hydrogen-bond donors (Lipinski definition) is 1. The molecule has 1 N–H and O–H groups in total. The van der Waals surface area contributed by atoms with Gasteiger partial charge in [-0.1, -0.05) is 0 Å². The molecule has 0 aliphatic rings. The monoisotopic (exact) mass is 311 g/mol. The van der Waals surface area contributed by atoms with Crippen LogP contribution in [-0.4, -0.2) is 29.6 Å². The first-order valence-corrected chi connectivity index (χ1v) is 7.70. The zero-order valence-electron chi connectivity index (χ0n) is 11.8. The van der Waals surface area contributed by atoms with Gasteiger partial charge in [-0.15, -0.1) is 15.3 Å². The number of anilines is 1. The topological polar surface area (TPSA) is 72.9 Å². The normalized spacial score (nSPS) is 11.1. The number of fused-ring (bicyclic) bond motifs is 1. The van der Waals surface area contributed by atoms with Gasteiger partial charge in [-0.2, -0.15) is 21.0 Å². The van der Waals surface area contributed by atoms with Crippen molar-refractivity contribution in [1.82, 2.24) is 29.6 Å². The van der Waals surface area contributed by atoms with Gasteiger partial charge in [0.05, 0.1) is 6.20 Å². The van der Waals surface area contributed by atoms with Crippen LogP contribution in [0.5, 0.6) is 0 Å². The molecule has 0 aromatic carbocycles. The second kappa shape index (κ2) is 5.23. The largest absolute Gasteiger partial charge is 0.364 e. The van der Waals surface area contributed by atoms with Crippen molar-refractivity contribution in [2.75, 3.05) is 5.32 Å². The summed E-state index contributed by atoms with van der Waals surface area (Å²) in [5.41, 5.74) is 2.86. The number of nitrogens with zero attached hydrogens (tertiary/aromatic N) is 6. The third-order valence-corrected chi connectivity index (χ3v) is 3.96. The molecule has 0 amide bonds. The van der Waals surface area contributed by atoms with Gasteiger partial charge in [0.25, 0.3) is 0 Å². The lowest BCUT2D eigenvalue weighted by atomic mass is 10.3. The van der Waals surface area contributed by atoms with Crippen LogP contribution in [0.25, 0.3) is 17.0 Å². The van der Waals surface area contributed by atoms with E-state index in [0.717, 1.165) is 28.4 Å². The predicted octanol–water partition coefficient (Wildman–Crippen LogP) is 2.20. The molecule has 0 spiro atoms. The summed E-state index contributed by atoms with van der Waals surface area (Å²) in [6.45, 7) is 0.669. The molecule has 8 heteroatoms. The van der Waals surface area contributed by atoms with Gasteiger partial charge in [0, 0.05) is 36.3 Å². The van der Waals surface area contributed by atoms with Crippen LogP contribution in [0, 0.1) is 0 Å². The summed E-state index contributed by atoms with van der Waals surface area (Å²) in [6, 6.07) is 5.82. The molecule has 4 aromatic heterocycles. The Hall–Kier alpha value is -2.74. The fourth-order valence-corrected chi connectivity index (χ4v) is 2.84. The summed E-state index contributed by atoms with van der Waals surface area (Å²) in [5.74, 6) is 1.52. The van der Waals surface area contributed by atoms with E-state index in [1.807, 2.05) is 48.4 Å². The van der Waals surface area contributed by atoms with Gasteiger partial charge in [-0.05, 0) is 23.6 Å². The SMILES string of the molecule is Cn1cc(CNc2ccc3nnc(-c4ccsc4)n3n2)cn1. The Bertz CT molecular complexity index is 906. The van der Waals surface area contributed by atoms with E-state index in [-0.39, 0.29) is 0 Å². The Balaban J connectivity index is 1.63. The van der Waals surface area contributed by atoms with Crippen molar-refractivity contribution in [1.29, 1.82) is 0 Å². The van der Waals surface area contributed by atoms with Crippen molar-refractivity contribution < 1.29 is 0 Å². The van der Waals surface area contributed by atoms with Gasteiger partial charge < -0.3 is 5.32 Å². The van der Waals surface area contributed by atoms with Crippen molar-refractivity contribution in [3.63, 3.8) is 0 Å². The lowest BCUT2D eigenvalue weighted by Gasteiger charge is -2.04. The van der Waals surface area contributed by atoms with E-state index in [2.05, 4.69) is 25.7 Å². The summed E-state index contributed by atoms with van der Waals surface area (Å²) >= 11 is 1.63. The van der Waals surface area contributed by atoms with Gasteiger partial charge in [0.2, 0.25) is 0 Å². The van der Waals surface area contributed by atoms with Crippen LogP contribution in [0.15, 0.2) is 41.4 Å². The second-order valence-corrected chi connectivity index (χ2v) is 5.68. The molecule has 110 valence electrons. The van der Waals surface area contributed by atoms with Crippen molar-refractivity contribution >= 4 is 22.8 Å². The molecule has 0 aliphatic heterocycles. The van der Waals surface area contributed by atoms with Crippen LogP contribution in [0.1, 0.15) is 5.56 Å². The number of aryl methyl sites for hydroxylation is 1. The molecule has 22 heavy (non-hydrogen) atoms. The molecule has 0 unspecified atom stereocenters. The quantitative estimate of drug-likeness (QED) is 0.625. The smallest absolute Gasteiger partial charge is 0.186 e. The van der Waals surface area contributed by atoms with E-state index in [1.165, 1.54) is 0 Å². The van der Waals surface area contributed by atoms with E-state index < -0.39 is 0 Å². The molecule has 0 saturated heterocycles. The third-order valence-electron chi connectivity index (χ3n) is 3.27. The summed E-state index contributed by atoms with van der Waals surface area (Å²) in [7, 11) is 1.90. The van der Waals surface area contributed by atoms with Gasteiger partial charge >= 0.3 is 0 Å². The number of thiophene rings is 1. The Labute approximate surface area is 130 Å². The first-order chi connectivity index (χ1) is 10.8. The highest BCUT2D eigenvalue weighted by atomic mass is 32.1. The first-order valence-electron chi connectivity index (χ1n) is 6.76. The first kappa shape index (κ1) is 13.0. The molecule has 0 bridgehead atoms. The molecule has 4 aromatic rings. The number of aromatic nitrogens is 6. The molecule has 0 aliphatic carbocycles. The fraction of sp³-hybridized carbons (Fsp3) is 0.143. The molecule has 0 atom stereocenters. The number of nitrogens with one attached hydrogen (secondary N) is 1. The Morgan fingerprint density at radius 2 is 2.18 bits per heavy atom. The van der Waals surface area contributed by atoms with Crippen molar-refractivity contribution in [3.8, 4) is 11.4 Å². The molecule has 0 saturated carbocycles. The molecule has 0 radical (unpaired) electrons. The second-order valence-electron chi connectivity index (χ2n) is 4.90. The highest BCUT2D eigenvalue weighted by molar-refractivity contribution is 7.08. The zero-order chi connectivity index (χ0) is 14.9. The van der Waals surface area contributed by atoms with E-state index in [0.29, 0.717) is 6.54 Å². The molecule has 7 nitrogen and oxygen atoms in total. The minimum absolute atomic E-state index is 0.669. The molecular formula is C14H13N7S. The predicted molar refractivity (Wildman–Crippen MR) is 84.6 cm³/mol. The zero-order valence-corrected chi connectivity index (χ0v) is 12.7. The van der Waals surface area contributed by atoms with Gasteiger partial charge in [0.15, 0.2) is 11.5 Å². The van der Waals surface area contributed by atoms with Gasteiger partial charge in [0.1, 0.15) is 5.82 Å². The summed E-state index contributed by atoms with van der Waals surface area (Å²) < 4.78 is 3.54. The van der Waals surface area contributed by atoms with Gasteiger partial charge in [-0.3, -0.25) is 4.68 Å². The molecule has 0 fully saturated rings. The maximum absolute atomic E-state index is 4.57. The van der Waals surface area contributed by atoms with Gasteiger partial charge in [-0.25, -0.2) is 0 Å². The minimum atomic E-state index is 0.669. The van der Waals surface area contributed by atoms with Crippen LogP contribution < -0.4 is 5.32 Å². The Kier molecular flexibility index (Phi) is 3.08. The highest BCUT2D eigenvalue weighted by Gasteiger charge is 2.10. The highest BCUT2D eigenvalue weighted by Crippen LogP contribution is 2.20. The fourth-order valence-electron chi connectivity index (χ4n) is 2.21. The number of rotatable bonds is 4. The maximum Gasteiger partial charge on any atom is 0.186 e. The Morgan fingerprint density at radius 3 is 2.95 bits per heavy atom. The van der Waals surface area contributed by atoms with E-state index >= 15 is 0 Å². The van der Waals surface area contributed by atoms with Crippen LogP contribution in [0.4, 0.5) is 5.82 Å². The summed E-state index contributed by atoms with van der Waals surface area (Å²) in [6.07, 6.45) is 3.81.